The predicted molar refractivity (Wildman–Crippen MR) is 245 cm³/mol. The number of nitrogens with one attached hydrogen (secondary N) is 5. The number of ether oxygens (including phenoxy) is 2. The van der Waals surface area contributed by atoms with Gasteiger partial charge >= 0.3 is 24.3 Å². The number of alkyl carbamates (subject to hydrolysis) is 1. The van der Waals surface area contributed by atoms with Gasteiger partial charge in [0, 0.05) is 49.3 Å². The zero-order valence-electron chi connectivity index (χ0n) is 39.3. The maximum absolute atomic E-state index is 14.1. The second kappa shape index (κ2) is 20.5. The Morgan fingerprint density at radius 1 is 0.809 bits per heavy atom. The number of halogens is 5. The molecule has 2 fully saturated rings. The van der Waals surface area contributed by atoms with Gasteiger partial charge in [-0.3, -0.25) is 14.4 Å². The van der Waals surface area contributed by atoms with Gasteiger partial charge in [-0.05, 0) is 145 Å². The summed E-state index contributed by atoms with van der Waals surface area (Å²) in [5.74, 6) is -8.36. The number of carbonyl (C=O) groups is 5. The number of aromatic amines is 1. The third-order valence-corrected chi connectivity index (χ3v) is 11.9. The highest BCUT2D eigenvalue weighted by Crippen LogP contribution is 2.43. The van der Waals surface area contributed by atoms with Crippen molar-refractivity contribution in [2.45, 2.75) is 129 Å². The summed E-state index contributed by atoms with van der Waals surface area (Å²) in [7, 11) is 0. The Morgan fingerprint density at radius 2 is 1.46 bits per heavy atom. The average Bonchev–Trinajstić information content (AvgIpc) is 3.69. The Labute approximate surface area is 391 Å². The van der Waals surface area contributed by atoms with Crippen LogP contribution in [-0.2, 0) is 31.4 Å². The first kappa shape index (κ1) is 51.1. The summed E-state index contributed by atoms with van der Waals surface area (Å²) in [5.41, 5.74) is 2.19. The van der Waals surface area contributed by atoms with E-state index < -0.39 is 53.1 Å². The van der Waals surface area contributed by atoms with Crippen LogP contribution in [0, 0.1) is 18.8 Å². The van der Waals surface area contributed by atoms with Gasteiger partial charge in [-0.1, -0.05) is 30.3 Å². The molecule has 1 aromatic heterocycles. The van der Waals surface area contributed by atoms with Crippen LogP contribution in [0.2, 0.25) is 0 Å². The molecular weight excluding hydrogens is 894 g/mol. The van der Waals surface area contributed by atoms with Crippen molar-refractivity contribution >= 4 is 46.6 Å². The van der Waals surface area contributed by atoms with Gasteiger partial charge in [0.25, 0.3) is 5.91 Å². The zero-order chi connectivity index (χ0) is 49.8. The Kier molecular flexibility index (Phi) is 15.4. The van der Waals surface area contributed by atoms with E-state index in [9.17, 15) is 45.9 Å². The molecule has 1 saturated heterocycles. The third kappa shape index (κ3) is 13.5. The highest BCUT2D eigenvalue weighted by molar-refractivity contribution is 5.99. The summed E-state index contributed by atoms with van der Waals surface area (Å²) in [6.07, 6.45) is -3.24. The van der Waals surface area contributed by atoms with Crippen LogP contribution in [-0.4, -0.2) is 93.9 Å². The van der Waals surface area contributed by atoms with E-state index in [0.717, 1.165) is 16.7 Å². The number of hydrogen-bond donors (Lipinski definition) is 5. The van der Waals surface area contributed by atoms with Crippen LogP contribution in [0.3, 0.4) is 0 Å². The molecule has 0 spiro atoms. The molecule has 368 valence electrons. The van der Waals surface area contributed by atoms with E-state index >= 15 is 0 Å². The molecule has 1 atom stereocenters. The lowest BCUT2D eigenvalue weighted by Crippen LogP contribution is -2.48. The van der Waals surface area contributed by atoms with Gasteiger partial charge in [-0.2, -0.15) is 22.0 Å². The highest BCUT2D eigenvalue weighted by Gasteiger charge is 2.61. The fourth-order valence-corrected chi connectivity index (χ4v) is 8.26. The number of nitrogens with zero attached hydrogens (tertiary/aromatic N) is 2. The molecule has 1 aliphatic heterocycles. The minimum atomic E-state index is -5.88. The van der Waals surface area contributed by atoms with Crippen molar-refractivity contribution in [2.24, 2.45) is 11.8 Å². The van der Waals surface area contributed by atoms with Gasteiger partial charge < -0.3 is 40.6 Å². The van der Waals surface area contributed by atoms with Gasteiger partial charge in [0.2, 0.25) is 11.8 Å². The number of benzene rings is 3. The minimum absolute atomic E-state index is 0.0378. The Balaban J connectivity index is 1.12. The van der Waals surface area contributed by atoms with Crippen LogP contribution in [0.4, 0.5) is 37.2 Å². The summed E-state index contributed by atoms with van der Waals surface area (Å²) in [5, 5.41) is 11.4. The predicted octanol–water partition coefficient (Wildman–Crippen LogP) is 9.32. The standard InChI is InChI=1S/C49H60F5N7O7/c1-28-24-33(41(63)56-34-20-22-61(23-21-34)45(66)68-47(5,6)7)16-18-36(28)31-12-8-29(9-13-31)25-39(58-40(62)32-14-10-30(11-15-32)27-55-44(65)67-46(2,3)4)42(64)57-35-17-19-37-38(26-35)60-43(59-37)48(50,51)49(52,53)54/h8-9,12-13,16-19,24,26,30,32,34,39H,10-11,14-15,20-23,25,27H2,1-7H3,(H,55,65)(H,56,63)(H,57,64)(H,58,62)(H,59,60). The first-order valence-corrected chi connectivity index (χ1v) is 22.8. The Hall–Kier alpha value is -6.27. The molecule has 1 aliphatic carbocycles. The van der Waals surface area contributed by atoms with Crippen molar-refractivity contribution in [2.75, 3.05) is 25.0 Å². The SMILES string of the molecule is Cc1cc(C(=O)NC2CCN(C(=O)OC(C)(C)C)CC2)ccc1-c1ccc(CC(NC(=O)C2CCC(CNC(=O)OC(C)(C)C)CC2)C(=O)Nc2ccc3nc(C(F)(F)C(F)(F)F)[nH]c3c2)cc1. The number of anilines is 1. The highest BCUT2D eigenvalue weighted by atomic mass is 19.4. The van der Waals surface area contributed by atoms with E-state index in [2.05, 4.69) is 26.3 Å². The molecule has 19 heteroatoms. The fourth-order valence-electron chi connectivity index (χ4n) is 8.26. The van der Waals surface area contributed by atoms with Gasteiger partial charge in [0.1, 0.15) is 17.2 Å². The second-order valence-electron chi connectivity index (χ2n) is 19.7. The molecule has 1 unspecified atom stereocenters. The Bertz CT molecular complexity index is 2460. The maximum atomic E-state index is 14.1. The molecule has 6 rings (SSSR count). The van der Waals surface area contributed by atoms with Crippen molar-refractivity contribution < 1.29 is 55.4 Å². The van der Waals surface area contributed by atoms with E-state index in [4.69, 9.17) is 9.47 Å². The van der Waals surface area contributed by atoms with Crippen LogP contribution in [0.1, 0.15) is 107 Å². The largest absolute Gasteiger partial charge is 0.461 e. The van der Waals surface area contributed by atoms with E-state index in [1.807, 2.05) is 63.0 Å². The molecule has 2 heterocycles. The van der Waals surface area contributed by atoms with E-state index in [-0.39, 0.29) is 53.0 Å². The number of hydrogen-bond acceptors (Lipinski definition) is 8. The quantitative estimate of drug-likeness (QED) is 0.0871. The molecule has 3 aromatic carbocycles. The third-order valence-electron chi connectivity index (χ3n) is 11.9. The number of imidazole rings is 1. The minimum Gasteiger partial charge on any atom is -0.444 e. The summed E-state index contributed by atoms with van der Waals surface area (Å²) in [6, 6.07) is 15.2. The topological polar surface area (TPSA) is 184 Å². The molecular formula is C49H60F5N7O7. The number of H-pyrrole nitrogens is 1. The molecule has 0 bridgehead atoms. The fraction of sp³-hybridized carbons (Fsp3) is 0.510. The maximum Gasteiger partial charge on any atom is 0.461 e. The number of aryl methyl sites for hydroxylation is 1. The molecule has 68 heavy (non-hydrogen) atoms. The van der Waals surface area contributed by atoms with Crippen LogP contribution in [0.25, 0.3) is 22.2 Å². The van der Waals surface area contributed by atoms with Crippen molar-refractivity contribution in [3.63, 3.8) is 0 Å². The number of alkyl halides is 5. The van der Waals surface area contributed by atoms with Gasteiger partial charge in [0.05, 0.1) is 11.0 Å². The lowest BCUT2D eigenvalue weighted by molar-refractivity contribution is -0.292. The van der Waals surface area contributed by atoms with Crippen molar-refractivity contribution in [1.29, 1.82) is 0 Å². The van der Waals surface area contributed by atoms with Gasteiger partial charge in [-0.25, -0.2) is 14.6 Å². The second-order valence-corrected chi connectivity index (χ2v) is 19.7. The summed E-state index contributed by atoms with van der Waals surface area (Å²) in [4.78, 5) is 72.8. The molecule has 2 aliphatic rings. The number of likely N-dealkylation sites (tertiary alicyclic amines) is 1. The molecule has 14 nitrogen and oxygen atoms in total. The van der Waals surface area contributed by atoms with Crippen LogP contribution in [0.15, 0.2) is 60.7 Å². The number of carbonyl (C=O) groups excluding carboxylic acids is 5. The van der Waals surface area contributed by atoms with Crippen molar-refractivity contribution in [1.82, 2.24) is 30.8 Å². The number of aromatic nitrogens is 2. The van der Waals surface area contributed by atoms with E-state index in [1.165, 1.54) is 18.2 Å². The van der Waals surface area contributed by atoms with Gasteiger partial charge in [-0.15, -0.1) is 0 Å². The molecule has 4 aromatic rings. The van der Waals surface area contributed by atoms with E-state index in [0.29, 0.717) is 69.3 Å². The van der Waals surface area contributed by atoms with Crippen molar-refractivity contribution in [3.8, 4) is 11.1 Å². The molecule has 5 N–H and O–H groups in total. The van der Waals surface area contributed by atoms with Gasteiger partial charge in [0.15, 0.2) is 5.82 Å². The van der Waals surface area contributed by atoms with Crippen molar-refractivity contribution in [3.05, 3.63) is 83.2 Å². The lowest BCUT2D eigenvalue weighted by atomic mass is 9.81. The number of rotatable bonds is 12. The smallest absolute Gasteiger partial charge is 0.444 e. The summed E-state index contributed by atoms with van der Waals surface area (Å²) >= 11 is 0. The zero-order valence-corrected chi connectivity index (χ0v) is 39.3. The number of piperidine rings is 1. The average molecular weight is 954 g/mol. The molecule has 0 radical (unpaired) electrons. The normalized spacial score (nSPS) is 17.8. The molecule has 5 amide bonds. The van der Waals surface area contributed by atoms with Crippen LogP contribution < -0.4 is 21.3 Å². The monoisotopic (exact) mass is 953 g/mol. The Morgan fingerprint density at radius 3 is 2.06 bits per heavy atom. The summed E-state index contributed by atoms with van der Waals surface area (Å²) in [6.45, 7) is 14.0. The van der Waals surface area contributed by atoms with Crippen LogP contribution in [0.5, 0.6) is 0 Å². The van der Waals surface area contributed by atoms with E-state index in [1.54, 1.807) is 37.8 Å². The lowest BCUT2D eigenvalue weighted by Gasteiger charge is -2.33. The number of fused-ring (bicyclic) bond motifs is 1. The van der Waals surface area contributed by atoms with Crippen LogP contribution >= 0.6 is 0 Å². The summed E-state index contributed by atoms with van der Waals surface area (Å²) < 4.78 is 78.2. The first-order valence-electron chi connectivity index (χ1n) is 22.8. The molecule has 1 saturated carbocycles. The number of amides is 5. The first-order chi connectivity index (χ1) is 31.7.